The van der Waals surface area contributed by atoms with Crippen LogP contribution in [0.1, 0.15) is 16.1 Å². The molecule has 2 heterocycles. The van der Waals surface area contributed by atoms with Crippen LogP contribution < -0.4 is 10.6 Å². The van der Waals surface area contributed by atoms with Crippen LogP contribution in [0.4, 0.5) is 10.8 Å². The first-order chi connectivity index (χ1) is 13.7. The number of benzene rings is 2. The Morgan fingerprint density at radius 1 is 0.929 bits per heavy atom. The summed E-state index contributed by atoms with van der Waals surface area (Å²) in [5.74, 6) is -0.406. The Morgan fingerprint density at radius 2 is 1.79 bits per heavy atom. The summed E-state index contributed by atoms with van der Waals surface area (Å²) in [4.78, 5) is 33.2. The van der Waals surface area contributed by atoms with Gasteiger partial charge in [0.1, 0.15) is 0 Å². The first-order valence-electron chi connectivity index (χ1n) is 8.63. The number of carbonyl (C=O) groups excluding carboxylic acids is 2. The maximum atomic E-state index is 12.4. The fraction of sp³-hybridized carbons (Fsp3) is 0.0476. The monoisotopic (exact) mass is 388 g/mol. The highest BCUT2D eigenvalue weighted by Crippen LogP contribution is 2.22. The largest absolute Gasteiger partial charge is 0.325 e. The number of fused-ring (bicyclic) bond motifs is 1. The van der Waals surface area contributed by atoms with Gasteiger partial charge in [0, 0.05) is 22.5 Å². The van der Waals surface area contributed by atoms with E-state index < -0.39 is 0 Å². The number of nitrogens with one attached hydrogen (secondary N) is 2. The van der Waals surface area contributed by atoms with Crippen molar-refractivity contribution in [2.75, 3.05) is 10.6 Å². The van der Waals surface area contributed by atoms with Crippen LogP contribution in [-0.4, -0.2) is 21.8 Å². The summed E-state index contributed by atoms with van der Waals surface area (Å²) in [6.07, 6.45) is 1.84. The topological polar surface area (TPSA) is 84.0 Å². The molecular weight excluding hydrogens is 372 g/mol. The van der Waals surface area contributed by atoms with Crippen molar-refractivity contribution in [3.63, 3.8) is 0 Å². The van der Waals surface area contributed by atoms with Crippen molar-refractivity contribution >= 4 is 44.9 Å². The Hall–Kier alpha value is -3.58. The molecule has 0 saturated heterocycles. The molecule has 4 aromatic rings. The Bertz CT molecular complexity index is 1140. The lowest BCUT2D eigenvalue weighted by atomic mass is 10.2. The first kappa shape index (κ1) is 17.8. The molecule has 2 aromatic carbocycles. The molecule has 2 amide bonds. The lowest BCUT2D eigenvalue weighted by Crippen LogP contribution is -2.15. The van der Waals surface area contributed by atoms with Gasteiger partial charge in [0.05, 0.1) is 23.3 Å². The number of amides is 2. The van der Waals surface area contributed by atoms with Gasteiger partial charge in [-0.25, -0.2) is 4.98 Å². The molecule has 0 bridgehead atoms. The van der Waals surface area contributed by atoms with Crippen LogP contribution in [0, 0.1) is 0 Å². The van der Waals surface area contributed by atoms with E-state index in [0.717, 1.165) is 10.9 Å². The molecule has 4 rings (SSSR count). The molecule has 138 valence electrons. The molecule has 0 aliphatic rings. The molecule has 2 N–H and O–H groups in total. The minimum Gasteiger partial charge on any atom is -0.325 e. The minimum absolute atomic E-state index is 0.119. The van der Waals surface area contributed by atoms with Crippen molar-refractivity contribution in [2.45, 2.75) is 6.42 Å². The van der Waals surface area contributed by atoms with Crippen LogP contribution in [-0.2, 0) is 11.2 Å². The van der Waals surface area contributed by atoms with E-state index >= 15 is 0 Å². The molecule has 0 spiro atoms. The Labute approximate surface area is 165 Å². The van der Waals surface area contributed by atoms with E-state index in [1.165, 1.54) is 11.3 Å². The summed E-state index contributed by atoms with van der Waals surface area (Å²) in [5.41, 5.74) is 2.69. The molecular formula is C21H16N4O2S. The molecule has 0 saturated carbocycles. The third kappa shape index (κ3) is 4.05. The Kier molecular flexibility index (Phi) is 5.07. The van der Waals surface area contributed by atoms with E-state index in [9.17, 15) is 9.59 Å². The molecule has 0 aliphatic heterocycles. The van der Waals surface area contributed by atoms with Gasteiger partial charge in [-0.2, -0.15) is 0 Å². The highest BCUT2D eigenvalue weighted by molar-refractivity contribution is 7.14. The van der Waals surface area contributed by atoms with Crippen LogP contribution in [0.25, 0.3) is 10.9 Å². The van der Waals surface area contributed by atoms with Gasteiger partial charge in [-0.05, 0) is 36.4 Å². The highest BCUT2D eigenvalue weighted by Gasteiger charge is 2.12. The van der Waals surface area contributed by atoms with E-state index in [2.05, 4.69) is 20.6 Å². The second-order valence-corrected chi connectivity index (χ2v) is 6.92. The SMILES string of the molecule is O=C(Cc1csc(NC(=O)c2ccccc2)n1)Nc1cccc2ncccc12. The van der Waals surface area contributed by atoms with Crippen LogP contribution >= 0.6 is 11.3 Å². The molecule has 0 atom stereocenters. The highest BCUT2D eigenvalue weighted by atomic mass is 32.1. The second kappa shape index (κ2) is 7.98. The van der Waals surface area contributed by atoms with Gasteiger partial charge in [-0.3, -0.25) is 19.9 Å². The van der Waals surface area contributed by atoms with Gasteiger partial charge in [-0.1, -0.05) is 24.3 Å². The molecule has 0 aliphatic carbocycles. The summed E-state index contributed by atoms with van der Waals surface area (Å²) in [7, 11) is 0. The number of hydrogen-bond acceptors (Lipinski definition) is 5. The van der Waals surface area contributed by atoms with Crippen LogP contribution in [0.5, 0.6) is 0 Å². The summed E-state index contributed by atoms with van der Waals surface area (Å²) in [5, 5.41) is 8.78. The number of carbonyl (C=O) groups is 2. The zero-order chi connectivity index (χ0) is 19.3. The van der Waals surface area contributed by atoms with Crippen LogP contribution in [0.2, 0.25) is 0 Å². The zero-order valence-electron chi connectivity index (χ0n) is 14.8. The molecule has 0 unspecified atom stereocenters. The van der Waals surface area contributed by atoms with Gasteiger partial charge in [0.15, 0.2) is 5.13 Å². The minimum atomic E-state index is -0.228. The smallest absolute Gasteiger partial charge is 0.257 e. The maximum absolute atomic E-state index is 12.4. The quantitative estimate of drug-likeness (QED) is 0.539. The van der Waals surface area contributed by atoms with Gasteiger partial charge in [-0.15, -0.1) is 11.3 Å². The Balaban J connectivity index is 1.41. The van der Waals surface area contributed by atoms with E-state index in [4.69, 9.17) is 0 Å². The molecule has 2 aromatic heterocycles. The number of anilines is 2. The maximum Gasteiger partial charge on any atom is 0.257 e. The molecule has 28 heavy (non-hydrogen) atoms. The van der Waals surface area contributed by atoms with E-state index in [-0.39, 0.29) is 18.2 Å². The Morgan fingerprint density at radius 3 is 2.64 bits per heavy atom. The summed E-state index contributed by atoms with van der Waals surface area (Å²) >= 11 is 1.29. The number of aromatic nitrogens is 2. The van der Waals surface area contributed by atoms with Crippen molar-refractivity contribution in [3.05, 3.63) is 83.5 Å². The van der Waals surface area contributed by atoms with Gasteiger partial charge < -0.3 is 5.32 Å². The number of hydrogen-bond donors (Lipinski definition) is 2. The van der Waals surface area contributed by atoms with Crippen LogP contribution in [0.15, 0.2) is 72.2 Å². The summed E-state index contributed by atoms with van der Waals surface area (Å²) in [6, 6.07) is 18.3. The summed E-state index contributed by atoms with van der Waals surface area (Å²) < 4.78 is 0. The van der Waals surface area contributed by atoms with Crippen LogP contribution in [0.3, 0.4) is 0 Å². The fourth-order valence-corrected chi connectivity index (χ4v) is 3.48. The number of thiazole rings is 1. The lowest BCUT2D eigenvalue weighted by molar-refractivity contribution is -0.115. The number of nitrogens with zero attached hydrogens (tertiary/aromatic N) is 2. The second-order valence-electron chi connectivity index (χ2n) is 6.06. The zero-order valence-corrected chi connectivity index (χ0v) is 15.6. The van der Waals surface area contributed by atoms with E-state index in [0.29, 0.717) is 22.1 Å². The standard InChI is InChI=1S/C21H16N4O2S/c26-19(24-18-10-4-9-17-16(18)8-5-11-22-17)12-15-13-28-21(23-15)25-20(27)14-6-2-1-3-7-14/h1-11,13H,12H2,(H,24,26)(H,23,25,27). The number of rotatable bonds is 5. The first-order valence-corrected chi connectivity index (χ1v) is 9.51. The van der Waals surface area contributed by atoms with Gasteiger partial charge >= 0.3 is 0 Å². The van der Waals surface area contributed by atoms with E-state index in [1.807, 2.05) is 36.4 Å². The van der Waals surface area contributed by atoms with Crippen molar-refractivity contribution in [1.29, 1.82) is 0 Å². The summed E-state index contributed by atoms with van der Waals surface area (Å²) in [6.45, 7) is 0. The van der Waals surface area contributed by atoms with Crippen molar-refractivity contribution < 1.29 is 9.59 Å². The van der Waals surface area contributed by atoms with E-state index in [1.54, 1.807) is 35.8 Å². The predicted octanol–water partition coefficient (Wildman–Crippen LogP) is 4.12. The third-order valence-electron chi connectivity index (χ3n) is 4.07. The average molecular weight is 388 g/mol. The normalized spacial score (nSPS) is 10.6. The van der Waals surface area contributed by atoms with Gasteiger partial charge in [0.25, 0.3) is 5.91 Å². The average Bonchev–Trinajstić information content (AvgIpc) is 3.15. The third-order valence-corrected chi connectivity index (χ3v) is 4.88. The van der Waals surface area contributed by atoms with Gasteiger partial charge in [0.2, 0.25) is 5.91 Å². The number of pyridine rings is 1. The lowest BCUT2D eigenvalue weighted by Gasteiger charge is -2.07. The van der Waals surface area contributed by atoms with Crippen molar-refractivity contribution in [3.8, 4) is 0 Å². The van der Waals surface area contributed by atoms with Crippen molar-refractivity contribution in [1.82, 2.24) is 9.97 Å². The molecule has 0 fully saturated rings. The molecule has 7 heteroatoms. The predicted molar refractivity (Wildman–Crippen MR) is 111 cm³/mol. The molecule has 0 radical (unpaired) electrons. The molecule has 6 nitrogen and oxygen atoms in total. The van der Waals surface area contributed by atoms with Crippen molar-refractivity contribution in [2.24, 2.45) is 0 Å². The fourth-order valence-electron chi connectivity index (χ4n) is 2.78.